The molecule has 2 aromatic carbocycles. The van der Waals surface area contributed by atoms with Crippen molar-refractivity contribution in [2.45, 2.75) is 13.5 Å². The molecule has 2 aromatic rings. The van der Waals surface area contributed by atoms with Crippen molar-refractivity contribution in [2.75, 3.05) is 26.0 Å². The maximum atomic E-state index is 13.1. The molecule has 0 bridgehead atoms. The SMILES string of the molecule is CN=C(NCC(=O)Nc1cccc(F)c1)N(C)Cc1ccccc1C.I. The molecule has 7 heteroatoms. The van der Waals surface area contributed by atoms with Crippen LogP contribution in [0.25, 0.3) is 0 Å². The van der Waals surface area contributed by atoms with Gasteiger partial charge in [-0.15, -0.1) is 24.0 Å². The third-order valence-electron chi connectivity index (χ3n) is 3.76. The van der Waals surface area contributed by atoms with Gasteiger partial charge in [-0.2, -0.15) is 0 Å². The Kier molecular flexibility index (Phi) is 9.04. The number of benzene rings is 2. The van der Waals surface area contributed by atoms with E-state index in [0.717, 1.165) is 0 Å². The van der Waals surface area contributed by atoms with E-state index in [4.69, 9.17) is 0 Å². The summed E-state index contributed by atoms with van der Waals surface area (Å²) in [4.78, 5) is 18.2. The van der Waals surface area contributed by atoms with Gasteiger partial charge in [-0.05, 0) is 36.2 Å². The maximum absolute atomic E-state index is 13.1. The van der Waals surface area contributed by atoms with E-state index >= 15 is 0 Å². The van der Waals surface area contributed by atoms with Gasteiger partial charge >= 0.3 is 0 Å². The maximum Gasteiger partial charge on any atom is 0.243 e. The van der Waals surface area contributed by atoms with Crippen LogP contribution in [0, 0.1) is 12.7 Å². The number of carbonyl (C=O) groups excluding carboxylic acids is 1. The zero-order valence-electron chi connectivity index (χ0n) is 15.1. The van der Waals surface area contributed by atoms with Crippen molar-refractivity contribution in [2.24, 2.45) is 4.99 Å². The summed E-state index contributed by atoms with van der Waals surface area (Å²) in [6.07, 6.45) is 0. The minimum Gasteiger partial charge on any atom is -0.347 e. The van der Waals surface area contributed by atoms with E-state index in [-0.39, 0.29) is 42.2 Å². The lowest BCUT2D eigenvalue weighted by Gasteiger charge is -2.22. The van der Waals surface area contributed by atoms with Crippen LogP contribution in [0.1, 0.15) is 11.1 Å². The van der Waals surface area contributed by atoms with Gasteiger partial charge in [0.1, 0.15) is 5.82 Å². The molecule has 0 radical (unpaired) electrons. The lowest BCUT2D eigenvalue weighted by molar-refractivity contribution is -0.115. The average molecular weight is 470 g/mol. The highest BCUT2D eigenvalue weighted by atomic mass is 127. The molecule has 0 fully saturated rings. The van der Waals surface area contributed by atoms with Crippen molar-refractivity contribution < 1.29 is 9.18 Å². The predicted octanol–water partition coefficient (Wildman–Crippen LogP) is 3.40. The molecule has 0 aliphatic heterocycles. The molecular weight excluding hydrogens is 446 g/mol. The highest BCUT2D eigenvalue weighted by Crippen LogP contribution is 2.10. The monoisotopic (exact) mass is 470 g/mol. The summed E-state index contributed by atoms with van der Waals surface area (Å²) in [6, 6.07) is 13.9. The fourth-order valence-electron chi connectivity index (χ4n) is 2.43. The van der Waals surface area contributed by atoms with E-state index in [1.165, 1.54) is 23.3 Å². The molecule has 0 heterocycles. The largest absolute Gasteiger partial charge is 0.347 e. The Morgan fingerprint density at radius 3 is 2.58 bits per heavy atom. The topological polar surface area (TPSA) is 56.7 Å². The van der Waals surface area contributed by atoms with Gasteiger partial charge in [-0.25, -0.2) is 4.39 Å². The van der Waals surface area contributed by atoms with Crippen LogP contribution in [0.4, 0.5) is 10.1 Å². The number of anilines is 1. The normalized spacial score (nSPS) is 10.7. The van der Waals surface area contributed by atoms with Crippen LogP contribution in [-0.2, 0) is 11.3 Å². The molecule has 0 saturated carbocycles. The Morgan fingerprint density at radius 2 is 1.92 bits per heavy atom. The van der Waals surface area contributed by atoms with Gasteiger partial charge in [-0.3, -0.25) is 9.79 Å². The van der Waals surface area contributed by atoms with Crippen LogP contribution in [0.2, 0.25) is 0 Å². The molecule has 0 atom stereocenters. The van der Waals surface area contributed by atoms with E-state index in [2.05, 4.69) is 34.7 Å². The summed E-state index contributed by atoms with van der Waals surface area (Å²) in [5.41, 5.74) is 2.82. The van der Waals surface area contributed by atoms with Crippen molar-refractivity contribution >= 4 is 41.5 Å². The Morgan fingerprint density at radius 1 is 1.19 bits per heavy atom. The van der Waals surface area contributed by atoms with Crippen molar-refractivity contribution in [3.63, 3.8) is 0 Å². The van der Waals surface area contributed by atoms with Crippen LogP contribution >= 0.6 is 24.0 Å². The van der Waals surface area contributed by atoms with Gasteiger partial charge in [0.2, 0.25) is 5.91 Å². The number of nitrogens with zero attached hydrogens (tertiary/aromatic N) is 2. The fraction of sp³-hybridized carbons (Fsp3) is 0.263. The molecule has 0 aliphatic rings. The van der Waals surface area contributed by atoms with E-state index in [1.807, 2.05) is 24.1 Å². The number of hydrogen-bond acceptors (Lipinski definition) is 2. The van der Waals surface area contributed by atoms with Gasteiger partial charge < -0.3 is 15.5 Å². The summed E-state index contributed by atoms with van der Waals surface area (Å²) in [5.74, 6) is -0.0479. The second kappa shape index (κ2) is 10.7. The molecule has 0 spiro atoms. The highest BCUT2D eigenvalue weighted by Gasteiger charge is 2.10. The van der Waals surface area contributed by atoms with Crippen LogP contribution < -0.4 is 10.6 Å². The molecule has 2 rings (SSSR count). The molecule has 0 aliphatic carbocycles. The average Bonchev–Trinajstić information content (AvgIpc) is 2.57. The first-order chi connectivity index (χ1) is 12.0. The summed E-state index contributed by atoms with van der Waals surface area (Å²) in [5, 5.41) is 5.66. The van der Waals surface area contributed by atoms with Crippen molar-refractivity contribution in [3.8, 4) is 0 Å². The number of amides is 1. The van der Waals surface area contributed by atoms with E-state index in [1.54, 1.807) is 19.2 Å². The highest BCUT2D eigenvalue weighted by molar-refractivity contribution is 14.0. The number of carbonyl (C=O) groups is 1. The first-order valence-electron chi connectivity index (χ1n) is 8.01. The second-order valence-corrected chi connectivity index (χ2v) is 5.74. The third-order valence-corrected chi connectivity index (χ3v) is 3.76. The first-order valence-corrected chi connectivity index (χ1v) is 8.01. The molecule has 26 heavy (non-hydrogen) atoms. The quantitative estimate of drug-likeness (QED) is 0.400. The van der Waals surface area contributed by atoms with Crippen molar-refractivity contribution in [1.82, 2.24) is 10.2 Å². The molecule has 1 amide bonds. The van der Waals surface area contributed by atoms with Crippen LogP contribution in [0.5, 0.6) is 0 Å². The molecule has 2 N–H and O–H groups in total. The minimum atomic E-state index is -0.389. The molecule has 0 unspecified atom stereocenters. The standard InChI is InChI=1S/C19H23FN4O.HI/c1-14-7-4-5-8-15(14)13-24(3)19(21-2)22-12-18(25)23-17-10-6-9-16(20)11-17;/h4-11H,12-13H2,1-3H3,(H,21,22)(H,23,25);1H. The van der Waals surface area contributed by atoms with Crippen LogP contribution in [-0.4, -0.2) is 37.4 Å². The number of guanidine groups is 1. The van der Waals surface area contributed by atoms with Crippen LogP contribution in [0.3, 0.4) is 0 Å². The molecule has 0 aromatic heterocycles. The van der Waals surface area contributed by atoms with Crippen molar-refractivity contribution in [1.29, 1.82) is 0 Å². The lowest BCUT2D eigenvalue weighted by Crippen LogP contribution is -2.42. The molecule has 5 nitrogen and oxygen atoms in total. The summed E-state index contributed by atoms with van der Waals surface area (Å²) < 4.78 is 13.1. The molecule has 140 valence electrons. The molecular formula is C19H24FIN4O. The summed E-state index contributed by atoms with van der Waals surface area (Å²) >= 11 is 0. The second-order valence-electron chi connectivity index (χ2n) is 5.74. The third kappa shape index (κ3) is 6.62. The fourth-order valence-corrected chi connectivity index (χ4v) is 2.43. The Hall–Kier alpha value is -2.16. The minimum absolute atomic E-state index is 0. The number of aliphatic imine (C=N–C) groups is 1. The zero-order valence-corrected chi connectivity index (χ0v) is 17.5. The number of hydrogen-bond donors (Lipinski definition) is 2. The van der Waals surface area contributed by atoms with E-state index < -0.39 is 0 Å². The summed E-state index contributed by atoms with van der Waals surface area (Å²) in [7, 11) is 3.58. The Bertz CT molecular complexity index is 767. The lowest BCUT2D eigenvalue weighted by atomic mass is 10.1. The van der Waals surface area contributed by atoms with Crippen molar-refractivity contribution in [3.05, 3.63) is 65.5 Å². The number of nitrogens with one attached hydrogen (secondary N) is 2. The zero-order chi connectivity index (χ0) is 18.2. The molecule has 0 saturated heterocycles. The van der Waals surface area contributed by atoms with Gasteiger partial charge in [0.15, 0.2) is 5.96 Å². The van der Waals surface area contributed by atoms with E-state index in [0.29, 0.717) is 18.2 Å². The van der Waals surface area contributed by atoms with E-state index in [9.17, 15) is 9.18 Å². The first kappa shape index (κ1) is 21.9. The number of rotatable bonds is 5. The Labute approximate surface area is 170 Å². The predicted molar refractivity (Wildman–Crippen MR) is 114 cm³/mol. The van der Waals surface area contributed by atoms with Gasteiger partial charge in [0.25, 0.3) is 0 Å². The number of aryl methyl sites for hydroxylation is 1. The number of halogens is 2. The Balaban J connectivity index is 0.00000338. The summed E-state index contributed by atoms with van der Waals surface area (Å²) in [6.45, 7) is 2.78. The van der Waals surface area contributed by atoms with Gasteiger partial charge in [-0.1, -0.05) is 30.3 Å². The van der Waals surface area contributed by atoms with Gasteiger partial charge in [0.05, 0.1) is 6.54 Å². The van der Waals surface area contributed by atoms with Crippen LogP contribution in [0.15, 0.2) is 53.5 Å². The smallest absolute Gasteiger partial charge is 0.243 e. The van der Waals surface area contributed by atoms with Gasteiger partial charge in [0, 0.05) is 26.3 Å².